The first-order valence-corrected chi connectivity index (χ1v) is 8.17. The van der Waals surface area contributed by atoms with E-state index in [-0.39, 0.29) is 0 Å². The Hall–Kier alpha value is -0.570. The van der Waals surface area contributed by atoms with Crippen LogP contribution in [-0.4, -0.2) is 35.5 Å². The molecule has 3 aliphatic rings. The highest BCUT2D eigenvalue weighted by atomic mass is 16.2. The number of carbonyl (C=O) groups excluding carboxylic acids is 1. The highest BCUT2D eigenvalue weighted by molar-refractivity contribution is 5.76. The molecule has 1 aliphatic carbocycles. The smallest absolute Gasteiger partial charge is 0.223 e. The molecule has 3 fully saturated rings. The molecule has 0 aromatic rings. The van der Waals surface area contributed by atoms with E-state index in [1.54, 1.807) is 0 Å². The van der Waals surface area contributed by atoms with Crippen LogP contribution in [0.15, 0.2) is 0 Å². The molecule has 1 amide bonds. The Morgan fingerprint density at radius 1 is 1.11 bits per heavy atom. The number of nitrogens with zero attached hydrogens (tertiary/aromatic N) is 1. The van der Waals surface area contributed by atoms with Gasteiger partial charge in [-0.25, -0.2) is 0 Å². The summed E-state index contributed by atoms with van der Waals surface area (Å²) in [6.07, 6.45) is 8.54. The molecule has 0 radical (unpaired) electrons. The molecule has 2 atom stereocenters. The number of nitrogens with one attached hydrogen (secondary N) is 1. The molecule has 3 heteroatoms. The monoisotopic (exact) mass is 264 g/mol. The summed E-state index contributed by atoms with van der Waals surface area (Å²) in [6, 6.07) is 1.77. The predicted octanol–water partition coefficient (Wildman–Crippen LogP) is 2.55. The van der Waals surface area contributed by atoms with Crippen molar-refractivity contribution in [1.82, 2.24) is 10.2 Å². The predicted molar refractivity (Wildman–Crippen MR) is 76.9 cm³/mol. The molecule has 0 aromatic carbocycles. The first kappa shape index (κ1) is 13.4. The highest BCUT2D eigenvalue weighted by Crippen LogP contribution is 2.34. The van der Waals surface area contributed by atoms with Gasteiger partial charge in [0.05, 0.1) is 0 Å². The van der Waals surface area contributed by atoms with Crippen LogP contribution in [-0.2, 0) is 4.79 Å². The van der Waals surface area contributed by atoms with Crippen molar-refractivity contribution in [3.05, 3.63) is 0 Å². The van der Waals surface area contributed by atoms with Crippen molar-refractivity contribution in [3.8, 4) is 0 Å². The van der Waals surface area contributed by atoms with Gasteiger partial charge in [-0.2, -0.15) is 0 Å². The second-order valence-electron chi connectivity index (χ2n) is 7.26. The Morgan fingerprint density at radius 2 is 1.74 bits per heavy atom. The summed E-state index contributed by atoms with van der Waals surface area (Å²) >= 11 is 0. The van der Waals surface area contributed by atoms with E-state index in [0.717, 1.165) is 18.9 Å². The zero-order valence-corrected chi connectivity index (χ0v) is 12.4. The van der Waals surface area contributed by atoms with Gasteiger partial charge in [0.15, 0.2) is 0 Å². The Labute approximate surface area is 117 Å². The lowest BCUT2D eigenvalue weighted by molar-refractivity contribution is -0.134. The number of fused-ring (bicyclic) bond motifs is 2. The zero-order valence-electron chi connectivity index (χ0n) is 12.4. The van der Waals surface area contributed by atoms with Gasteiger partial charge in [-0.05, 0) is 64.2 Å². The Morgan fingerprint density at radius 3 is 2.26 bits per heavy atom. The average Bonchev–Trinajstić information content (AvgIpc) is 3.11. The highest BCUT2D eigenvalue weighted by Gasteiger charge is 2.35. The van der Waals surface area contributed by atoms with Crippen LogP contribution in [0.5, 0.6) is 0 Å². The SMILES string of the molecule is CC(C)N(CC1CC1)C(=O)CC1CC2CCC(C1)N2. The van der Waals surface area contributed by atoms with Crippen molar-refractivity contribution in [2.24, 2.45) is 11.8 Å². The molecule has 1 saturated carbocycles. The van der Waals surface area contributed by atoms with Crippen LogP contribution in [0.25, 0.3) is 0 Å². The largest absolute Gasteiger partial charge is 0.340 e. The van der Waals surface area contributed by atoms with Gasteiger partial charge in [0.1, 0.15) is 0 Å². The molecule has 2 saturated heterocycles. The van der Waals surface area contributed by atoms with E-state index in [4.69, 9.17) is 0 Å². The number of hydrogen-bond acceptors (Lipinski definition) is 2. The van der Waals surface area contributed by atoms with E-state index in [2.05, 4.69) is 24.1 Å². The summed E-state index contributed by atoms with van der Waals surface area (Å²) in [6.45, 7) is 5.33. The van der Waals surface area contributed by atoms with Gasteiger partial charge in [0.25, 0.3) is 0 Å². The Bertz CT molecular complexity index is 326. The topological polar surface area (TPSA) is 32.3 Å². The van der Waals surface area contributed by atoms with Gasteiger partial charge < -0.3 is 10.2 Å². The third kappa shape index (κ3) is 3.31. The number of hydrogen-bond donors (Lipinski definition) is 1. The van der Waals surface area contributed by atoms with Crippen molar-refractivity contribution >= 4 is 5.91 Å². The van der Waals surface area contributed by atoms with Gasteiger partial charge in [-0.3, -0.25) is 4.79 Å². The molecule has 3 rings (SSSR count). The molecule has 2 aliphatic heterocycles. The van der Waals surface area contributed by atoms with E-state index < -0.39 is 0 Å². The first-order chi connectivity index (χ1) is 9.11. The van der Waals surface area contributed by atoms with Crippen LogP contribution in [0, 0.1) is 11.8 Å². The van der Waals surface area contributed by atoms with Gasteiger partial charge in [0.2, 0.25) is 5.91 Å². The van der Waals surface area contributed by atoms with Crippen LogP contribution >= 0.6 is 0 Å². The van der Waals surface area contributed by atoms with Crippen molar-refractivity contribution in [3.63, 3.8) is 0 Å². The van der Waals surface area contributed by atoms with Crippen LogP contribution in [0.3, 0.4) is 0 Å². The fraction of sp³-hybridized carbons (Fsp3) is 0.938. The van der Waals surface area contributed by atoms with Gasteiger partial charge in [-0.15, -0.1) is 0 Å². The molecule has 19 heavy (non-hydrogen) atoms. The molecule has 2 unspecified atom stereocenters. The summed E-state index contributed by atoms with van der Waals surface area (Å²) in [5, 5.41) is 3.66. The summed E-state index contributed by atoms with van der Waals surface area (Å²) in [4.78, 5) is 14.7. The fourth-order valence-electron chi connectivity index (χ4n) is 3.89. The third-order valence-electron chi connectivity index (χ3n) is 5.13. The van der Waals surface area contributed by atoms with Crippen molar-refractivity contribution in [2.75, 3.05) is 6.54 Å². The number of rotatable bonds is 5. The van der Waals surface area contributed by atoms with Gasteiger partial charge in [0, 0.05) is 31.1 Å². The van der Waals surface area contributed by atoms with Crippen LogP contribution in [0.1, 0.15) is 58.8 Å². The molecular weight excluding hydrogens is 236 g/mol. The Balaban J connectivity index is 1.53. The molecule has 0 aromatic heterocycles. The van der Waals surface area contributed by atoms with Crippen LogP contribution in [0.2, 0.25) is 0 Å². The number of carbonyl (C=O) groups is 1. The fourth-order valence-corrected chi connectivity index (χ4v) is 3.89. The molecule has 2 bridgehead atoms. The quantitative estimate of drug-likeness (QED) is 0.827. The molecular formula is C16H28N2O. The summed E-state index contributed by atoms with van der Waals surface area (Å²) in [5.41, 5.74) is 0. The minimum Gasteiger partial charge on any atom is -0.340 e. The molecule has 3 nitrogen and oxygen atoms in total. The van der Waals surface area contributed by atoms with E-state index in [0.29, 0.717) is 30.0 Å². The average molecular weight is 264 g/mol. The summed E-state index contributed by atoms with van der Waals surface area (Å²) in [5.74, 6) is 1.84. The summed E-state index contributed by atoms with van der Waals surface area (Å²) < 4.78 is 0. The standard InChI is InChI=1S/C16H28N2O/c1-11(2)18(10-12-3-4-12)16(19)9-13-7-14-5-6-15(8-13)17-14/h11-15,17H,3-10H2,1-2H3. The Kier molecular flexibility index (Phi) is 3.84. The van der Waals surface area contributed by atoms with E-state index in [1.165, 1.54) is 38.5 Å². The maximum atomic E-state index is 12.6. The summed E-state index contributed by atoms with van der Waals surface area (Å²) in [7, 11) is 0. The maximum absolute atomic E-state index is 12.6. The second-order valence-corrected chi connectivity index (χ2v) is 7.26. The van der Waals surface area contributed by atoms with E-state index >= 15 is 0 Å². The molecule has 0 spiro atoms. The maximum Gasteiger partial charge on any atom is 0.223 e. The second kappa shape index (κ2) is 5.43. The van der Waals surface area contributed by atoms with E-state index in [1.807, 2.05) is 0 Å². The zero-order chi connectivity index (χ0) is 13.4. The number of amides is 1. The minimum atomic E-state index is 0.367. The first-order valence-electron chi connectivity index (χ1n) is 8.17. The van der Waals surface area contributed by atoms with Crippen molar-refractivity contribution in [2.45, 2.75) is 76.9 Å². The van der Waals surface area contributed by atoms with Crippen molar-refractivity contribution in [1.29, 1.82) is 0 Å². The van der Waals surface area contributed by atoms with Crippen LogP contribution < -0.4 is 5.32 Å². The van der Waals surface area contributed by atoms with Crippen molar-refractivity contribution < 1.29 is 4.79 Å². The lowest BCUT2D eigenvalue weighted by Crippen LogP contribution is -2.42. The van der Waals surface area contributed by atoms with E-state index in [9.17, 15) is 4.79 Å². The number of piperidine rings is 1. The van der Waals surface area contributed by atoms with Gasteiger partial charge in [-0.1, -0.05) is 0 Å². The lowest BCUT2D eigenvalue weighted by Gasteiger charge is -2.32. The molecule has 2 heterocycles. The lowest BCUT2D eigenvalue weighted by atomic mass is 9.89. The van der Waals surface area contributed by atoms with Crippen LogP contribution in [0.4, 0.5) is 0 Å². The normalized spacial score (nSPS) is 33.7. The molecule has 108 valence electrons. The molecule has 1 N–H and O–H groups in total. The van der Waals surface area contributed by atoms with Gasteiger partial charge >= 0.3 is 0 Å². The third-order valence-corrected chi connectivity index (χ3v) is 5.13. The minimum absolute atomic E-state index is 0.367.